The first kappa shape index (κ1) is 16.4. The van der Waals surface area contributed by atoms with Crippen molar-refractivity contribution in [3.05, 3.63) is 58.0 Å². The number of hydrogen-bond acceptors (Lipinski definition) is 5. The highest BCUT2D eigenvalue weighted by molar-refractivity contribution is 7.54. The molecular weight excluding hydrogens is 345 g/mol. The number of aromatic nitrogens is 2. The van der Waals surface area contributed by atoms with Gasteiger partial charge in [0.2, 0.25) is 5.82 Å². The van der Waals surface area contributed by atoms with Gasteiger partial charge in [-0.05, 0) is 10.5 Å². The molecular formula is C15H18N5O4P. The van der Waals surface area contributed by atoms with Gasteiger partial charge in [0.25, 0.3) is 0 Å². The maximum absolute atomic E-state index is 13.4. The molecule has 1 aromatic carbocycles. The van der Waals surface area contributed by atoms with E-state index in [1.54, 1.807) is 7.05 Å². The van der Waals surface area contributed by atoms with Crippen molar-refractivity contribution < 1.29 is 14.0 Å². The van der Waals surface area contributed by atoms with Crippen molar-refractivity contribution in [1.82, 2.24) is 18.9 Å². The van der Waals surface area contributed by atoms with Crippen LogP contribution in [-0.2, 0) is 16.1 Å². The van der Waals surface area contributed by atoms with Gasteiger partial charge in [0.15, 0.2) is 6.10 Å². The van der Waals surface area contributed by atoms with Crippen LogP contribution in [0, 0.1) is 10.1 Å². The zero-order valence-electron chi connectivity index (χ0n) is 13.7. The Morgan fingerprint density at radius 3 is 2.28 bits per heavy atom. The van der Waals surface area contributed by atoms with Crippen molar-refractivity contribution in [2.24, 2.45) is 7.05 Å². The molecule has 2 fully saturated rings. The Balaban J connectivity index is 1.75. The average Bonchev–Trinajstić information content (AvgIpc) is 3.49. The Labute approximate surface area is 144 Å². The second kappa shape index (κ2) is 6.03. The number of imidazole rings is 1. The van der Waals surface area contributed by atoms with Crippen molar-refractivity contribution in [1.29, 1.82) is 0 Å². The lowest BCUT2D eigenvalue weighted by atomic mass is 10.1. The van der Waals surface area contributed by atoms with E-state index in [0.717, 1.165) is 31.7 Å². The third-order valence-electron chi connectivity index (χ3n) is 4.33. The molecule has 0 N–H and O–H groups in total. The van der Waals surface area contributed by atoms with Gasteiger partial charge in [-0.3, -0.25) is 9.09 Å². The second-order valence-electron chi connectivity index (χ2n) is 6.08. The average molecular weight is 363 g/mol. The van der Waals surface area contributed by atoms with E-state index < -0.39 is 18.7 Å². The fourth-order valence-corrected chi connectivity index (χ4v) is 5.06. The van der Waals surface area contributed by atoms with E-state index in [1.807, 2.05) is 39.7 Å². The quantitative estimate of drug-likeness (QED) is 0.322. The summed E-state index contributed by atoms with van der Waals surface area (Å²) in [5.41, 5.74) is 0.759. The predicted molar refractivity (Wildman–Crippen MR) is 90.0 cm³/mol. The summed E-state index contributed by atoms with van der Waals surface area (Å²) in [6.45, 7) is 2.93. The molecule has 0 aliphatic carbocycles. The molecule has 25 heavy (non-hydrogen) atoms. The van der Waals surface area contributed by atoms with Crippen LogP contribution in [0.4, 0.5) is 5.82 Å². The van der Waals surface area contributed by atoms with E-state index in [-0.39, 0.29) is 5.82 Å². The van der Waals surface area contributed by atoms with Crippen LogP contribution in [0.15, 0.2) is 36.5 Å². The summed E-state index contributed by atoms with van der Waals surface area (Å²) in [5.74, 6) is 0.231. The van der Waals surface area contributed by atoms with Crippen LogP contribution in [0.25, 0.3) is 0 Å². The minimum atomic E-state index is -3.12. The zero-order valence-corrected chi connectivity index (χ0v) is 14.6. The van der Waals surface area contributed by atoms with Crippen LogP contribution >= 0.6 is 7.67 Å². The molecule has 1 unspecified atom stereocenters. The monoisotopic (exact) mass is 363 g/mol. The Morgan fingerprint density at radius 1 is 1.20 bits per heavy atom. The van der Waals surface area contributed by atoms with Crippen LogP contribution in [-0.4, -0.2) is 50.0 Å². The summed E-state index contributed by atoms with van der Waals surface area (Å²) in [4.78, 5) is 14.9. The Kier molecular flexibility index (Phi) is 3.96. The van der Waals surface area contributed by atoms with E-state index in [2.05, 4.69) is 4.98 Å². The van der Waals surface area contributed by atoms with E-state index in [1.165, 1.54) is 10.8 Å². The first-order chi connectivity index (χ1) is 12.0. The fraction of sp³-hybridized carbons (Fsp3) is 0.400. The number of nitrogens with zero attached hydrogens (tertiary/aromatic N) is 5. The first-order valence-corrected chi connectivity index (χ1v) is 9.54. The van der Waals surface area contributed by atoms with Crippen LogP contribution in [0.2, 0.25) is 0 Å². The molecule has 9 nitrogen and oxygen atoms in total. The van der Waals surface area contributed by atoms with Crippen molar-refractivity contribution in [2.75, 3.05) is 26.2 Å². The van der Waals surface area contributed by atoms with Crippen molar-refractivity contribution >= 4 is 13.5 Å². The highest BCUT2D eigenvalue weighted by Gasteiger charge is 2.51. The maximum atomic E-state index is 13.4. The fourth-order valence-electron chi connectivity index (χ4n) is 2.76. The summed E-state index contributed by atoms with van der Waals surface area (Å²) in [6, 6.07) is 9.27. The van der Waals surface area contributed by atoms with Crippen LogP contribution in [0.1, 0.15) is 17.5 Å². The topological polar surface area (TPSA) is 93.3 Å². The van der Waals surface area contributed by atoms with Crippen molar-refractivity contribution in [3.63, 3.8) is 0 Å². The van der Waals surface area contributed by atoms with Crippen molar-refractivity contribution in [3.8, 4) is 0 Å². The standard InChI is InChI=1S/C15H18N5O4P/c1-17-13(20(21)22)11-16-15(17)14(12-5-3-2-4-6-12)24-25(23,18-7-8-18)19-9-10-19/h2-6,11,14H,7-10H2,1H3. The lowest BCUT2D eigenvalue weighted by Gasteiger charge is -2.25. The van der Waals surface area contributed by atoms with Gasteiger partial charge >= 0.3 is 13.5 Å². The number of nitro groups is 1. The molecule has 132 valence electrons. The maximum Gasteiger partial charge on any atom is 0.347 e. The highest BCUT2D eigenvalue weighted by Crippen LogP contribution is 2.63. The van der Waals surface area contributed by atoms with Gasteiger partial charge in [0.1, 0.15) is 6.20 Å². The largest absolute Gasteiger partial charge is 0.358 e. The first-order valence-electron chi connectivity index (χ1n) is 8.01. The number of hydrogen-bond donors (Lipinski definition) is 0. The third-order valence-corrected chi connectivity index (χ3v) is 7.04. The second-order valence-corrected chi connectivity index (χ2v) is 8.41. The molecule has 0 amide bonds. The summed E-state index contributed by atoms with van der Waals surface area (Å²) in [7, 11) is -1.55. The molecule has 2 saturated heterocycles. The molecule has 2 aromatic rings. The van der Waals surface area contributed by atoms with E-state index >= 15 is 0 Å². The van der Waals surface area contributed by atoms with E-state index in [4.69, 9.17) is 4.52 Å². The molecule has 0 saturated carbocycles. The highest BCUT2D eigenvalue weighted by atomic mass is 31.2. The molecule has 3 heterocycles. The van der Waals surface area contributed by atoms with Crippen LogP contribution in [0.3, 0.4) is 0 Å². The molecule has 0 spiro atoms. The number of benzene rings is 1. The SMILES string of the molecule is Cn1c([N+](=O)[O-])cnc1C(OP(=O)(N1CC1)N1CC1)c1ccccc1. The van der Waals surface area contributed by atoms with E-state index in [9.17, 15) is 14.7 Å². The summed E-state index contributed by atoms with van der Waals surface area (Å²) < 4.78 is 24.5. The lowest BCUT2D eigenvalue weighted by molar-refractivity contribution is -0.391. The molecule has 2 aliphatic heterocycles. The Bertz CT molecular complexity index is 831. The van der Waals surface area contributed by atoms with E-state index in [0.29, 0.717) is 5.82 Å². The van der Waals surface area contributed by atoms with Gasteiger partial charge in [-0.25, -0.2) is 18.9 Å². The van der Waals surface area contributed by atoms with Crippen molar-refractivity contribution in [2.45, 2.75) is 6.10 Å². The van der Waals surface area contributed by atoms with Gasteiger partial charge < -0.3 is 10.1 Å². The molecule has 2 aliphatic rings. The Hall–Kier alpha value is -2.06. The van der Waals surface area contributed by atoms with Crippen LogP contribution < -0.4 is 0 Å². The zero-order chi connectivity index (χ0) is 17.6. The summed E-state index contributed by atoms with van der Waals surface area (Å²) >= 11 is 0. The Morgan fingerprint density at radius 2 is 1.80 bits per heavy atom. The molecule has 0 radical (unpaired) electrons. The normalized spacial score (nSPS) is 18.9. The summed E-state index contributed by atoms with van der Waals surface area (Å²) in [5, 5.41) is 11.1. The lowest BCUT2D eigenvalue weighted by Crippen LogP contribution is -2.16. The van der Waals surface area contributed by atoms with Gasteiger partial charge in [-0.2, -0.15) is 0 Å². The number of rotatable bonds is 7. The molecule has 4 rings (SSSR count). The smallest absolute Gasteiger partial charge is 0.347 e. The molecule has 10 heteroatoms. The third kappa shape index (κ3) is 3.00. The molecule has 0 bridgehead atoms. The molecule has 1 aromatic heterocycles. The van der Waals surface area contributed by atoms with Gasteiger partial charge in [0, 0.05) is 26.2 Å². The van der Waals surface area contributed by atoms with Crippen LogP contribution in [0.5, 0.6) is 0 Å². The minimum Gasteiger partial charge on any atom is -0.358 e. The predicted octanol–water partition coefficient (Wildman–Crippen LogP) is 2.17. The van der Waals surface area contributed by atoms with Gasteiger partial charge in [-0.15, -0.1) is 0 Å². The van der Waals surface area contributed by atoms with Gasteiger partial charge in [0.05, 0.1) is 7.05 Å². The summed E-state index contributed by atoms with van der Waals surface area (Å²) in [6.07, 6.45) is 0.459. The molecule has 1 atom stereocenters. The minimum absolute atomic E-state index is 0.132. The van der Waals surface area contributed by atoms with Gasteiger partial charge in [-0.1, -0.05) is 30.3 Å².